The first-order valence-corrected chi connectivity index (χ1v) is 5.38. The predicted octanol–water partition coefficient (Wildman–Crippen LogP) is 1.96. The van der Waals surface area contributed by atoms with Gasteiger partial charge in [0.2, 0.25) is 0 Å². The average molecular weight is 240 g/mol. The van der Waals surface area contributed by atoms with Gasteiger partial charge in [0.1, 0.15) is 5.82 Å². The number of rotatable bonds is 2. The van der Waals surface area contributed by atoms with Crippen molar-refractivity contribution in [3.05, 3.63) is 34.1 Å². The van der Waals surface area contributed by atoms with Crippen molar-refractivity contribution >= 4 is 11.4 Å². The third-order valence-electron chi connectivity index (χ3n) is 2.68. The summed E-state index contributed by atoms with van der Waals surface area (Å²) in [4.78, 5) is 12.0. The summed E-state index contributed by atoms with van der Waals surface area (Å²) >= 11 is 0. The van der Waals surface area contributed by atoms with Gasteiger partial charge in [0.05, 0.1) is 23.7 Å². The Hall–Kier alpha value is -1.69. The van der Waals surface area contributed by atoms with E-state index in [4.69, 9.17) is 4.74 Å². The molecule has 6 heteroatoms. The Bertz CT molecular complexity index is 439. The quantitative estimate of drug-likeness (QED) is 0.585. The van der Waals surface area contributed by atoms with E-state index in [1.54, 1.807) is 0 Å². The monoisotopic (exact) mass is 240 g/mol. The lowest BCUT2D eigenvalue weighted by Gasteiger charge is -2.32. The Labute approximate surface area is 97.9 Å². The maximum Gasteiger partial charge on any atom is 0.274 e. The number of morpholine rings is 1. The third kappa shape index (κ3) is 2.71. The fourth-order valence-electron chi connectivity index (χ4n) is 1.90. The van der Waals surface area contributed by atoms with Crippen LogP contribution in [0.4, 0.5) is 15.8 Å². The number of halogens is 1. The summed E-state index contributed by atoms with van der Waals surface area (Å²) in [6.45, 7) is 3.69. The summed E-state index contributed by atoms with van der Waals surface area (Å²) in [5.41, 5.74) is 0.311. The van der Waals surface area contributed by atoms with Crippen LogP contribution >= 0.6 is 0 Å². The summed E-state index contributed by atoms with van der Waals surface area (Å²) in [7, 11) is 0. The molecular weight excluding hydrogens is 227 g/mol. The summed E-state index contributed by atoms with van der Waals surface area (Å²) < 4.78 is 18.6. The first-order chi connectivity index (χ1) is 8.06. The Kier molecular flexibility index (Phi) is 3.23. The Balaban J connectivity index is 2.28. The van der Waals surface area contributed by atoms with Crippen molar-refractivity contribution in [3.8, 4) is 0 Å². The van der Waals surface area contributed by atoms with Gasteiger partial charge in [-0.3, -0.25) is 10.1 Å². The van der Waals surface area contributed by atoms with Gasteiger partial charge >= 0.3 is 0 Å². The smallest absolute Gasteiger partial charge is 0.274 e. The highest BCUT2D eigenvalue weighted by Gasteiger charge is 2.19. The SMILES string of the molecule is CC1CN(c2cc(F)cc([N+](=O)[O-])c2)CCO1. The van der Waals surface area contributed by atoms with Gasteiger partial charge < -0.3 is 9.64 Å². The average Bonchev–Trinajstić information content (AvgIpc) is 2.28. The minimum Gasteiger partial charge on any atom is -0.375 e. The number of nitro benzene ring substituents is 1. The van der Waals surface area contributed by atoms with Crippen molar-refractivity contribution in [2.75, 3.05) is 24.6 Å². The van der Waals surface area contributed by atoms with E-state index in [9.17, 15) is 14.5 Å². The van der Waals surface area contributed by atoms with E-state index in [0.29, 0.717) is 25.4 Å². The number of ether oxygens (including phenoxy) is 1. The number of benzene rings is 1. The fourth-order valence-corrected chi connectivity index (χ4v) is 1.90. The molecule has 2 rings (SSSR count). The normalized spacial score (nSPS) is 20.4. The molecule has 1 heterocycles. The Morgan fingerprint density at radius 2 is 2.29 bits per heavy atom. The predicted molar refractivity (Wildman–Crippen MR) is 60.7 cm³/mol. The Morgan fingerprint density at radius 1 is 1.53 bits per heavy atom. The van der Waals surface area contributed by atoms with Gasteiger partial charge in [-0.25, -0.2) is 4.39 Å². The first kappa shape index (κ1) is 11.8. The van der Waals surface area contributed by atoms with Gasteiger partial charge in [-0.05, 0) is 13.0 Å². The molecule has 0 saturated carbocycles. The highest BCUT2D eigenvalue weighted by molar-refractivity contribution is 5.54. The molecule has 1 aromatic carbocycles. The number of hydrogen-bond acceptors (Lipinski definition) is 4. The van der Waals surface area contributed by atoms with Crippen LogP contribution in [0.3, 0.4) is 0 Å². The van der Waals surface area contributed by atoms with Crippen molar-refractivity contribution in [1.82, 2.24) is 0 Å². The van der Waals surface area contributed by atoms with Crippen LogP contribution in [0.15, 0.2) is 18.2 Å². The molecule has 92 valence electrons. The van der Waals surface area contributed by atoms with Gasteiger partial charge in [0, 0.05) is 24.8 Å². The van der Waals surface area contributed by atoms with E-state index in [0.717, 1.165) is 6.07 Å². The van der Waals surface area contributed by atoms with Gasteiger partial charge in [-0.2, -0.15) is 0 Å². The molecule has 1 fully saturated rings. The maximum atomic E-state index is 13.3. The lowest BCUT2D eigenvalue weighted by atomic mass is 10.2. The van der Waals surface area contributed by atoms with Crippen LogP contribution in [0.1, 0.15) is 6.92 Å². The largest absolute Gasteiger partial charge is 0.375 e. The molecular formula is C11H13FN2O3. The molecule has 0 N–H and O–H groups in total. The van der Waals surface area contributed by atoms with E-state index in [1.807, 2.05) is 11.8 Å². The van der Waals surface area contributed by atoms with Crippen molar-refractivity contribution < 1.29 is 14.1 Å². The first-order valence-electron chi connectivity index (χ1n) is 5.38. The molecule has 1 aliphatic heterocycles. The van der Waals surface area contributed by atoms with E-state index in [2.05, 4.69) is 0 Å². The van der Waals surface area contributed by atoms with Crippen molar-refractivity contribution in [2.45, 2.75) is 13.0 Å². The molecule has 0 amide bonds. The van der Waals surface area contributed by atoms with Gasteiger partial charge in [0.25, 0.3) is 5.69 Å². The molecule has 0 aromatic heterocycles. The lowest BCUT2D eigenvalue weighted by Crippen LogP contribution is -2.41. The summed E-state index contributed by atoms with van der Waals surface area (Å²) in [6, 6.07) is 3.62. The highest BCUT2D eigenvalue weighted by atomic mass is 19.1. The highest BCUT2D eigenvalue weighted by Crippen LogP contribution is 2.24. The number of hydrogen-bond donors (Lipinski definition) is 0. The fraction of sp³-hybridized carbons (Fsp3) is 0.455. The molecule has 1 aromatic rings. The van der Waals surface area contributed by atoms with Crippen LogP contribution in [-0.4, -0.2) is 30.7 Å². The summed E-state index contributed by atoms with van der Waals surface area (Å²) in [5.74, 6) is -0.589. The molecule has 1 saturated heterocycles. The molecule has 5 nitrogen and oxygen atoms in total. The zero-order chi connectivity index (χ0) is 12.4. The van der Waals surface area contributed by atoms with Crippen LogP contribution < -0.4 is 4.90 Å². The van der Waals surface area contributed by atoms with Gasteiger partial charge in [0.15, 0.2) is 0 Å². The van der Waals surface area contributed by atoms with Crippen LogP contribution in [-0.2, 0) is 4.74 Å². The second kappa shape index (κ2) is 4.67. The van der Waals surface area contributed by atoms with Crippen LogP contribution in [0.25, 0.3) is 0 Å². The third-order valence-corrected chi connectivity index (χ3v) is 2.68. The lowest BCUT2D eigenvalue weighted by molar-refractivity contribution is -0.385. The van der Waals surface area contributed by atoms with E-state index < -0.39 is 10.7 Å². The zero-order valence-corrected chi connectivity index (χ0v) is 9.43. The summed E-state index contributed by atoms with van der Waals surface area (Å²) in [6.07, 6.45) is 0.0473. The number of non-ortho nitro benzene ring substituents is 1. The second-order valence-electron chi connectivity index (χ2n) is 4.05. The number of anilines is 1. The van der Waals surface area contributed by atoms with Gasteiger partial charge in [-0.15, -0.1) is 0 Å². The minimum atomic E-state index is -0.589. The number of nitrogens with zero attached hydrogens (tertiary/aromatic N) is 2. The number of nitro groups is 1. The molecule has 0 bridgehead atoms. The molecule has 0 aliphatic carbocycles. The van der Waals surface area contributed by atoms with Crippen molar-refractivity contribution in [2.24, 2.45) is 0 Å². The molecule has 1 aliphatic rings. The van der Waals surface area contributed by atoms with Crippen molar-refractivity contribution in [1.29, 1.82) is 0 Å². The van der Waals surface area contributed by atoms with Crippen LogP contribution in [0.2, 0.25) is 0 Å². The van der Waals surface area contributed by atoms with E-state index in [1.165, 1.54) is 12.1 Å². The molecule has 1 unspecified atom stereocenters. The molecule has 17 heavy (non-hydrogen) atoms. The Morgan fingerprint density at radius 3 is 2.94 bits per heavy atom. The van der Waals surface area contributed by atoms with Crippen LogP contribution in [0, 0.1) is 15.9 Å². The van der Waals surface area contributed by atoms with Crippen LogP contribution in [0.5, 0.6) is 0 Å². The topological polar surface area (TPSA) is 55.6 Å². The maximum absolute atomic E-state index is 13.3. The van der Waals surface area contributed by atoms with Crippen molar-refractivity contribution in [3.63, 3.8) is 0 Å². The second-order valence-corrected chi connectivity index (χ2v) is 4.05. The van der Waals surface area contributed by atoms with E-state index >= 15 is 0 Å². The molecule has 0 spiro atoms. The minimum absolute atomic E-state index is 0.0473. The van der Waals surface area contributed by atoms with E-state index in [-0.39, 0.29) is 11.8 Å². The standard InChI is InChI=1S/C11H13FN2O3/c1-8-7-13(2-3-17-8)10-4-9(12)5-11(6-10)14(15)16/h4-6,8H,2-3,7H2,1H3. The molecule has 1 atom stereocenters. The zero-order valence-electron chi connectivity index (χ0n) is 9.43. The summed E-state index contributed by atoms with van der Waals surface area (Å²) in [5, 5.41) is 10.6. The van der Waals surface area contributed by atoms with Gasteiger partial charge in [-0.1, -0.05) is 0 Å². The molecule has 0 radical (unpaired) electrons.